The first kappa shape index (κ1) is 19.2. The predicted molar refractivity (Wildman–Crippen MR) is 164 cm³/mol. The van der Waals surface area contributed by atoms with Crippen LogP contribution in [0.1, 0.15) is 40.1 Å². The van der Waals surface area contributed by atoms with Crippen molar-refractivity contribution in [3.63, 3.8) is 0 Å². The van der Waals surface area contributed by atoms with Crippen LogP contribution < -0.4 is 9.30 Å². The highest BCUT2D eigenvalue weighted by atomic mass is 16.5. The molecule has 202 valence electrons. The van der Waals surface area contributed by atoms with E-state index in [1.807, 2.05) is 63.7 Å². The summed E-state index contributed by atoms with van der Waals surface area (Å²) in [5.74, 6) is 1.60. The Labute approximate surface area is 247 Å². The Balaban J connectivity index is 1.38. The molecule has 4 heterocycles. The molecule has 0 spiro atoms. The average Bonchev–Trinajstić information content (AvgIpc) is 3.57. The van der Waals surface area contributed by atoms with E-state index in [1.54, 1.807) is 30.9 Å². The van der Waals surface area contributed by atoms with E-state index in [-0.39, 0.29) is 11.0 Å². The quantitative estimate of drug-likeness (QED) is 0.213. The first-order valence-electron chi connectivity index (χ1n) is 16.4. The van der Waals surface area contributed by atoms with Crippen LogP contribution in [0.5, 0.6) is 11.5 Å². The number of aryl methyl sites for hydroxylation is 2. The van der Waals surface area contributed by atoms with Gasteiger partial charge in [-0.1, -0.05) is 32.9 Å². The van der Waals surface area contributed by atoms with Crippen molar-refractivity contribution < 1.29 is 17.5 Å². The number of pyridine rings is 2. The molecule has 0 saturated heterocycles. The first-order chi connectivity index (χ1) is 22.2. The summed E-state index contributed by atoms with van der Waals surface area (Å²) in [6.45, 7) is 1.71. The number of hydrogen-bond acceptors (Lipinski definition) is 3. The van der Waals surface area contributed by atoms with E-state index in [2.05, 4.69) is 36.8 Å². The molecule has 7 aromatic rings. The van der Waals surface area contributed by atoms with Gasteiger partial charge in [-0.05, 0) is 78.0 Å². The van der Waals surface area contributed by atoms with Crippen molar-refractivity contribution in [2.24, 2.45) is 6.98 Å². The number of nitrogens with zero attached hydrogens (tertiary/aromatic N) is 5. The molecule has 0 atom stereocenters. The second-order valence-corrected chi connectivity index (χ2v) is 11.2. The lowest BCUT2D eigenvalue weighted by atomic mass is 9.86. The highest BCUT2D eigenvalue weighted by Gasteiger charge is 2.21. The zero-order chi connectivity index (χ0) is 33.3. The van der Waals surface area contributed by atoms with Crippen LogP contribution in [0.3, 0.4) is 0 Å². The summed E-state index contributed by atoms with van der Waals surface area (Å²) in [5.41, 5.74) is 4.65. The van der Waals surface area contributed by atoms with Gasteiger partial charge in [-0.25, -0.2) is 9.55 Å². The summed E-state index contributed by atoms with van der Waals surface area (Å²) in [4.78, 5) is 8.87. The largest absolute Gasteiger partial charge is 0.457 e. The normalized spacial score (nSPS) is 14.8. The number of benzene rings is 3. The van der Waals surface area contributed by atoms with Gasteiger partial charge in [0.05, 0.1) is 28.3 Å². The standard InChI is InChI=1S/C35H32N5O/c1-23-12-15-37-34(16-23)40-32-20-26(10-11-28(32)29-13-14-36-21-33(29)40)41-27-18-24(35(2,3)4)17-25(19-27)39-22-38(5)30-8-6-7-9-31(30)39/h6-22H,1-5H3/q+1/i1D3,5D3. The summed E-state index contributed by atoms with van der Waals surface area (Å²) in [6, 6.07) is 24.2. The maximum absolute atomic E-state index is 8.11. The van der Waals surface area contributed by atoms with Gasteiger partial charge in [0.25, 0.3) is 0 Å². The molecule has 0 aliphatic carbocycles. The SMILES string of the molecule is [2H]C([2H])([2H])c1ccnc(-n2c3cnccc3c3ccc(Oc4cc(-n5c[n+](C([2H])([2H])[2H])c6ccccc65)cc(C(C)(C)C)c4)cc32)c1. The molecule has 0 N–H and O–H groups in total. The van der Waals surface area contributed by atoms with Crippen molar-refractivity contribution in [2.45, 2.75) is 33.0 Å². The van der Waals surface area contributed by atoms with Crippen molar-refractivity contribution >= 4 is 32.8 Å². The zero-order valence-electron chi connectivity index (χ0n) is 29.0. The molecule has 7 rings (SSSR count). The molecule has 0 aliphatic rings. The first-order valence-corrected chi connectivity index (χ1v) is 13.4. The van der Waals surface area contributed by atoms with Gasteiger partial charge in [0, 0.05) is 39.4 Å². The van der Waals surface area contributed by atoms with Gasteiger partial charge in [-0.3, -0.25) is 9.55 Å². The van der Waals surface area contributed by atoms with Gasteiger partial charge in [-0.2, -0.15) is 4.57 Å². The number of fused-ring (bicyclic) bond motifs is 4. The number of aromatic nitrogens is 5. The van der Waals surface area contributed by atoms with Crippen molar-refractivity contribution in [3.8, 4) is 23.0 Å². The van der Waals surface area contributed by atoms with Crippen LogP contribution in [-0.4, -0.2) is 19.1 Å². The van der Waals surface area contributed by atoms with E-state index in [4.69, 9.17) is 13.0 Å². The zero-order valence-corrected chi connectivity index (χ0v) is 23.0. The highest BCUT2D eigenvalue weighted by Crippen LogP contribution is 2.36. The molecule has 3 aromatic carbocycles. The Kier molecular flexibility index (Phi) is 4.35. The molecule has 0 saturated carbocycles. The minimum absolute atomic E-state index is 0.192. The maximum atomic E-state index is 8.11. The minimum atomic E-state index is -2.35. The number of hydrogen-bond donors (Lipinski definition) is 0. The molecular weight excluding hydrogens is 506 g/mol. The van der Waals surface area contributed by atoms with E-state index in [9.17, 15) is 0 Å². The topological polar surface area (TPSA) is 48.8 Å². The summed E-state index contributed by atoms with van der Waals surface area (Å²) in [7, 11) is 0. The van der Waals surface area contributed by atoms with E-state index >= 15 is 0 Å². The number of rotatable bonds is 4. The summed E-state index contributed by atoms with van der Waals surface area (Å²) < 4.78 is 59.8. The molecule has 6 heteroatoms. The lowest BCUT2D eigenvalue weighted by molar-refractivity contribution is -0.645. The Morgan fingerprint density at radius 2 is 1.71 bits per heavy atom. The van der Waals surface area contributed by atoms with Gasteiger partial charge in [-0.15, -0.1) is 0 Å². The van der Waals surface area contributed by atoms with Crippen LogP contribution in [0.4, 0.5) is 0 Å². The van der Waals surface area contributed by atoms with E-state index < -0.39 is 13.8 Å². The Morgan fingerprint density at radius 3 is 2.56 bits per heavy atom. The molecule has 0 radical (unpaired) electrons. The Bertz CT molecular complexity index is 2310. The third kappa shape index (κ3) is 4.32. The minimum Gasteiger partial charge on any atom is -0.457 e. The lowest BCUT2D eigenvalue weighted by Gasteiger charge is -2.20. The fourth-order valence-electron chi connectivity index (χ4n) is 5.36. The maximum Gasteiger partial charge on any atom is 0.249 e. The highest BCUT2D eigenvalue weighted by molar-refractivity contribution is 6.09. The molecule has 6 nitrogen and oxygen atoms in total. The molecule has 41 heavy (non-hydrogen) atoms. The third-order valence-electron chi connectivity index (χ3n) is 7.42. The van der Waals surface area contributed by atoms with Crippen molar-refractivity contribution in [1.82, 2.24) is 19.1 Å². The van der Waals surface area contributed by atoms with Crippen LogP contribution in [0, 0.1) is 6.85 Å². The number of imidazole rings is 1. The lowest BCUT2D eigenvalue weighted by Crippen LogP contribution is -2.25. The molecule has 0 bridgehead atoms. The summed E-state index contributed by atoms with van der Waals surface area (Å²) in [6.07, 6.45) is 6.59. The molecule has 0 aliphatic heterocycles. The van der Waals surface area contributed by atoms with Crippen LogP contribution in [0.15, 0.2) is 104 Å². The van der Waals surface area contributed by atoms with Crippen molar-refractivity contribution in [1.29, 1.82) is 0 Å². The predicted octanol–water partition coefficient (Wildman–Crippen LogP) is 7.74. The van der Waals surface area contributed by atoms with Crippen LogP contribution in [-0.2, 0) is 12.4 Å². The summed E-state index contributed by atoms with van der Waals surface area (Å²) >= 11 is 0. The van der Waals surface area contributed by atoms with Gasteiger partial charge in [0.15, 0.2) is 11.0 Å². The van der Waals surface area contributed by atoms with Crippen LogP contribution in [0.25, 0.3) is 44.3 Å². The van der Waals surface area contributed by atoms with Gasteiger partial charge < -0.3 is 4.74 Å². The summed E-state index contributed by atoms with van der Waals surface area (Å²) in [5, 5.41) is 1.88. The molecule has 4 aromatic heterocycles. The van der Waals surface area contributed by atoms with Crippen LogP contribution >= 0.6 is 0 Å². The molecule has 0 amide bonds. The van der Waals surface area contributed by atoms with Gasteiger partial charge in [0.2, 0.25) is 6.33 Å². The van der Waals surface area contributed by atoms with Crippen LogP contribution in [0.2, 0.25) is 0 Å². The fourth-order valence-corrected chi connectivity index (χ4v) is 5.36. The van der Waals surface area contributed by atoms with Gasteiger partial charge in [0.1, 0.15) is 23.0 Å². The van der Waals surface area contributed by atoms with E-state index in [1.165, 1.54) is 16.8 Å². The molecule has 0 unspecified atom stereocenters. The van der Waals surface area contributed by atoms with Gasteiger partial charge >= 0.3 is 0 Å². The Hall–Kier alpha value is -4.97. The van der Waals surface area contributed by atoms with Crippen molar-refractivity contribution in [3.05, 3.63) is 115 Å². The smallest absolute Gasteiger partial charge is 0.249 e. The average molecular weight is 545 g/mol. The van der Waals surface area contributed by atoms with E-state index in [0.29, 0.717) is 22.8 Å². The third-order valence-corrected chi connectivity index (χ3v) is 7.42. The number of para-hydroxylation sites is 2. The Morgan fingerprint density at radius 1 is 0.829 bits per heavy atom. The molecular formula is C35H32N5O+. The monoisotopic (exact) mass is 544 g/mol. The second kappa shape index (κ2) is 9.30. The fraction of sp³-hybridized carbons (Fsp3) is 0.171. The van der Waals surface area contributed by atoms with E-state index in [0.717, 1.165) is 38.6 Å². The number of ether oxygens (including phenoxy) is 1. The van der Waals surface area contributed by atoms with Crippen molar-refractivity contribution in [2.75, 3.05) is 0 Å². The molecule has 0 fully saturated rings. The second-order valence-electron chi connectivity index (χ2n) is 11.2.